The summed E-state index contributed by atoms with van der Waals surface area (Å²) in [6.07, 6.45) is 7.87. The van der Waals surface area contributed by atoms with E-state index in [-0.39, 0.29) is 5.91 Å². The van der Waals surface area contributed by atoms with Crippen molar-refractivity contribution in [3.8, 4) is 11.6 Å². The molecule has 0 bridgehead atoms. The predicted octanol–water partition coefficient (Wildman–Crippen LogP) is 5.08. The zero-order valence-corrected chi connectivity index (χ0v) is 22.6. The minimum Gasteiger partial charge on any atom is -0.494 e. The van der Waals surface area contributed by atoms with E-state index < -0.39 is 0 Å². The van der Waals surface area contributed by atoms with E-state index in [2.05, 4.69) is 43.6 Å². The molecule has 9 nitrogen and oxygen atoms in total. The average Bonchev–Trinajstić information content (AvgIpc) is 3.35. The number of benzene rings is 2. The zero-order chi connectivity index (χ0) is 27.1. The standard InChI is InChI=1S/C29H35N7O2/c1-6-7-12-28(37)31-22-19-23(26(38-5)20-25(22)35(4)18-17-34(2)3)32-29-30-15-13-27(33-29)36-16-14-21-10-8-9-11-24(21)36/h7-16,19-20H,6,17-18H2,1-5H3,(H,31,37)(H,30,32,33)/b12-7+. The van der Waals surface area contributed by atoms with Gasteiger partial charge in [0.15, 0.2) is 0 Å². The summed E-state index contributed by atoms with van der Waals surface area (Å²) < 4.78 is 7.75. The van der Waals surface area contributed by atoms with Gasteiger partial charge in [-0.2, -0.15) is 4.98 Å². The number of carbonyl (C=O) groups is 1. The molecule has 2 aromatic carbocycles. The molecular formula is C29H35N7O2. The Morgan fingerprint density at radius 2 is 1.89 bits per heavy atom. The molecule has 2 N–H and O–H groups in total. The maximum Gasteiger partial charge on any atom is 0.248 e. The Morgan fingerprint density at radius 3 is 2.66 bits per heavy atom. The third-order valence-corrected chi connectivity index (χ3v) is 6.11. The van der Waals surface area contributed by atoms with Gasteiger partial charge in [0.25, 0.3) is 0 Å². The molecule has 38 heavy (non-hydrogen) atoms. The number of fused-ring (bicyclic) bond motifs is 1. The SMILES string of the molecule is CC/C=C/C(=O)Nc1cc(Nc2nccc(-n3ccc4ccccc43)n2)c(OC)cc1N(C)CCN(C)C. The van der Waals surface area contributed by atoms with E-state index in [9.17, 15) is 4.79 Å². The summed E-state index contributed by atoms with van der Waals surface area (Å²) in [6, 6.07) is 15.8. The quantitative estimate of drug-likeness (QED) is 0.271. The van der Waals surface area contributed by atoms with E-state index in [0.717, 1.165) is 41.9 Å². The highest BCUT2D eigenvalue weighted by Gasteiger charge is 2.17. The number of nitrogens with zero attached hydrogens (tertiary/aromatic N) is 5. The fraction of sp³-hybridized carbons (Fsp3) is 0.276. The van der Waals surface area contributed by atoms with Gasteiger partial charge in [-0.1, -0.05) is 31.2 Å². The Morgan fingerprint density at radius 1 is 1.08 bits per heavy atom. The van der Waals surface area contributed by atoms with Gasteiger partial charge in [-0.25, -0.2) is 4.98 Å². The lowest BCUT2D eigenvalue weighted by atomic mass is 10.2. The molecule has 1 amide bonds. The van der Waals surface area contributed by atoms with E-state index >= 15 is 0 Å². The lowest BCUT2D eigenvalue weighted by molar-refractivity contribution is -0.111. The third kappa shape index (κ3) is 6.30. The lowest BCUT2D eigenvalue weighted by Gasteiger charge is -2.26. The maximum atomic E-state index is 12.6. The first-order valence-corrected chi connectivity index (χ1v) is 12.6. The first-order valence-electron chi connectivity index (χ1n) is 12.6. The number of methoxy groups -OCH3 is 1. The number of aromatic nitrogens is 3. The summed E-state index contributed by atoms with van der Waals surface area (Å²) in [5.41, 5.74) is 3.21. The smallest absolute Gasteiger partial charge is 0.248 e. The van der Waals surface area contributed by atoms with Crippen molar-refractivity contribution >= 4 is 39.8 Å². The largest absolute Gasteiger partial charge is 0.494 e. The molecule has 0 saturated heterocycles. The monoisotopic (exact) mass is 513 g/mol. The Hall–Kier alpha value is -4.37. The van der Waals surface area contributed by atoms with Crippen LogP contribution in [0.25, 0.3) is 16.7 Å². The molecule has 0 aliphatic rings. The van der Waals surface area contributed by atoms with Crippen LogP contribution in [-0.2, 0) is 4.79 Å². The number of allylic oxidation sites excluding steroid dienone is 1. The van der Waals surface area contributed by atoms with Crippen molar-refractivity contribution in [1.29, 1.82) is 0 Å². The molecule has 2 heterocycles. The summed E-state index contributed by atoms with van der Waals surface area (Å²) in [7, 11) is 7.68. The summed E-state index contributed by atoms with van der Waals surface area (Å²) in [6.45, 7) is 3.62. The van der Waals surface area contributed by atoms with Crippen LogP contribution in [0.5, 0.6) is 5.75 Å². The van der Waals surface area contributed by atoms with Crippen LogP contribution < -0.4 is 20.3 Å². The molecule has 0 atom stereocenters. The van der Waals surface area contributed by atoms with Crippen molar-refractivity contribution in [2.75, 3.05) is 56.9 Å². The number of amides is 1. The van der Waals surface area contributed by atoms with Gasteiger partial charge in [-0.05, 0) is 56.2 Å². The van der Waals surface area contributed by atoms with Crippen molar-refractivity contribution in [3.05, 3.63) is 73.1 Å². The number of ether oxygens (including phenoxy) is 1. The van der Waals surface area contributed by atoms with E-state index in [1.165, 1.54) is 0 Å². The maximum absolute atomic E-state index is 12.6. The molecule has 0 aliphatic carbocycles. The minimum atomic E-state index is -0.192. The van der Waals surface area contributed by atoms with Crippen molar-refractivity contribution in [3.63, 3.8) is 0 Å². The Balaban J connectivity index is 1.69. The minimum absolute atomic E-state index is 0.192. The summed E-state index contributed by atoms with van der Waals surface area (Å²) in [5.74, 6) is 1.57. The van der Waals surface area contributed by atoms with E-state index in [1.54, 1.807) is 19.4 Å². The number of likely N-dealkylation sites (N-methyl/N-ethyl adjacent to an activating group) is 2. The predicted molar refractivity (Wildman–Crippen MR) is 155 cm³/mol. The van der Waals surface area contributed by atoms with Crippen molar-refractivity contribution < 1.29 is 9.53 Å². The summed E-state index contributed by atoms with van der Waals surface area (Å²) >= 11 is 0. The zero-order valence-electron chi connectivity index (χ0n) is 22.6. The van der Waals surface area contributed by atoms with Crippen LogP contribution in [0, 0.1) is 0 Å². The molecule has 0 aliphatic heterocycles. The van der Waals surface area contributed by atoms with Crippen molar-refractivity contribution in [2.45, 2.75) is 13.3 Å². The highest BCUT2D eigenvalue weighted by molar-refractivity contribution is 6.02. The van der Waals surface area contributed by atoms with Crippen LogP contribution in [0.1, 0.15) is 13.3 Å². The number of para-hydroxylation sites is 1. The van der Waals surface area contributed by atoms with Gasteiger partial charge in [0, 0.05) is 38.6 Å². The Labute approximate surface area is 223 Å². The van der Waals surface area contributed by atoms with Crippen LogP contribution in [0.4, 0.5) is 23.0 Å². The molecule has 4 aromatic rings. The van der Waals surface area contributed by atoms with E-state index in [4.69, 9.17) is 9.72 Å². The molecule has 4 rings (SSSR count). The molecule has 0 fully saturated rings. The van der Waals surface area contributed by atoms with E-state index in [0.29, 0.717) is 23.1 Å². The second-order valence-electron chi connectivity index (χ2n) is 9.20. The summed E-state index contributed by atoms with van der Waals surface area (Å²) in [5, 5.41) is 7.45. The van der Waals surface area contributed by atoms with Gasteiger partial charge in [0.1, 0.15) is 11.6 Å². The van der Waals surface area contributed by atoms with Gasteiger partial charge >= 0.3 is 0 Å². The van der Waals surface area contributed by atoms with Gasteiger partial charge < -0.3 is 29.7 Å². The number of anilines is 4. The lowest BCUT2D eigenvalue weighted by Crippen LogP contribution is -2.29. The fourth-order valence-electron chi connectivity index (χ4n) is 4.07. The number of carbonyl (C=O) groups excluding carboxylic acids is 1. The molecule has 0 unspecified atom stereocenters. The number of hydrogen-bond acceptors (Lipinski definition) is 7. The molecule has 0 saturated carbocycles. The summed E-state index contributed by atoms with van der Waals surface area (Å²) in [4.78, 5) is 26.0. The van der Waals surface area contributed by atoms with Gasteiger partial charge in [-0.15, -0.1) is 0 Å². The van der Waals surface area contributed by atoms with Gasteiger partial charge in [0.2, 0.25) is 11.9 Å². The first-order chi connectivity index (χ1) is 18.4. The molecule has 9 heteroatoms. The number of nitrogens with one attached hydrogen (secondary N) is 2. The van der Waals surface area contributed by atoms with Crippen molar-refractivity contribution in [1.82, 2.24) is 19.4 Å². The second kappa shape index (κ2) is 12.2. The number of rotatable bonds is 11. The molecular weight excluding hydrogens is 478 g/mol. The molecule has 198 valence electrons. The Bertz CT molecular complexity index is 1430. The Kier molecular flexibility index (Phi) is 8.60. The van der Waals surface area contributed by atoms with Crippen LogP contribution >= 0.6 is 0 Å². The topological polar surface area (TPSA) is 87.5 Å². The second-order valence-corrected chi connectivity index (χ2v) is 9.20. The molecule has 0 radical (unpaired) electrons. The van der Waals surface area contributed by atoms with Crippen LogP contribution in [0.15, 0.2) is 73.1 Å². The fourth-order valence-corrected chi connectivity index (χ4v) is 4.07. The normalized spacial score (nSPS) is 11.3. The van der Waals surface area contributed by atoms with Crippen molar-refractivity contribution in [2.24, 2.45) is 0 Å². The highest BCUT2D eigenvalue weighted by Crippen LogP contribution is 2.38. The highest BCUT2D eigenvalue weighted by atomic mass is 16.5. The molecule has 0 spiro atoms. The average molecular weight is 514 g/mol. The van der Waals surface area contributed by atoms with Crippen LogP contribution in [0.3, 0.4) is 0 Å². The third-order valence-electron chi connectivity index (χ3n) is 6.11. The number of hydrogen-bond donors (Lipinski definition) is 2. The van der Waals surface area contributed by atoms with Crippen LogP contribution in [0.2, 0.25) is 0 Å². The van der Waals surface area contributed by atoms with Gasteiger partial charge in [0.05, 0.1) is 29.7 Å². The van der Waals surface area contributed by atoms with Crippen LogP contribution in [-0.4, -0.2) is 66.7 Å². The first kappa shape index (κ1) is 26.7. The molecule has 2 aromatic heterocycles. The van der Waals surface area contributed by atoms with E-state index in [1.807, 2.05) is 75.2 Å². The van der Waals surface area contributed by atoms with Gasteiger partial charge in [-0.3, -0.25) is 4.79 Å².